The number of carbonyl (C=O) groups is 1. The van der Waals surface area contributed by atoms with Crippen molar-refractivity contribution in [3.63, 3.8) is 0 Å². The molecule has 0 aliphatic heterocycles. The molecule has 0 atom stereocenters. The van der Waals surface area contributed by atoms with Gasteiger partial charge in [0.15, 0.2) is 0 Å². The maximum atomic E-state index is 11.1. The maximum Gasteiger partial charge on any atom is 0.221 e. The number of amides is 1. The van der Waals surface area contributed by atoms with Crippen LogP contribution in [0.3, 0.4) is 0 Å². The van der Waals surface area contributed by atoms with Crippen LogP contribution in [0.4, 0.5) is 23.0 Å². The highest BCUT2D eigenvalue weighted by Gasteiger charge is 2.10. The zero-order chi connectivity index (χ0) is 19.9. The second-order valence-corrected chi connectivity index (χ2v) is 6.54. The molecule has 0 aliphatic carbocycles. The van der Waals surface area contributed by atoms with Gasteiger partial charge in [-0.15, -0.1) is 0 Å². The molecule has 1 amide bonds. The van der Waals surface area contributed by atoms with Crippen molar-refractivity contribution in [3.05, 3.63) is 72.1 Å². The Morgan fingerprint density at radius 1 is 1.00 bits per heavy atom. The molecule has 0 spiro atoms. The molecule has 1 heterocycles. The van der Waals surface area contributed by atoms with E-state index in [9.17, 15) is 4.79 Å². The summed E-state index contributed by atoms with van der Waals surface area (Å²) in [6.07, 6.45) is 0. The molecule has 0 aliphatic rings. The van der Waals surface area contributed by atoms with Crippen LogP contribution in [-0.2, 0) is 11.3 Å². The molecule has 1 aromatic heterocycles. The van der Waals surface area contributed by atoms with Gasteiger partial charge in [-0.2, -0.15) is 0 Å². The van der Waals surface area contributed by atoms with Gasteiger partial charge >= 0.3 is 0 Å². The zero-order valence-corrected chi connectivity index (χ0v) is 16.4. The van der Waals surface area contributed by atoms with Crippen LogP contribution in [0.2, 0.25) is 0 Å². The lowest BCUT2D eigenvalue weighted by atomic mass is 10.2. The Balaban J connectivity index is 1.77. The minimum atomic E-state index is -0.0881. The number of anilines is 4. The van der Waals surface area contributed by atoms with Crippen molar-refractivity contribution in [3.8, 4) is 0 Å². The number of carbonyl (C=O) groups excluding carboxylic acids is 1. The molecule has 0 bridgehead atoms. The number of rotatable bonds is 7. The van der Waals surface area contributed by atoms with Gasteiger partial charge in [-0.05, 0) is 43.7 Å². The Labute approximate surface area is 165 Å². The van der Waals surface area contributed by atoms with Crippen LogP contribution >= 0.6 is 0 Å². The van der Waals surface area contributed by atoms with Gasteiger partial charge in [0, 0.05) is 37.5 Å². The Morgan fingerprint density at radius 3 is 2.32 bits per heavy atom. The van der Waals surface area contributed by atoms with Crippen LogP contribution in [0.25, 0.3) is 0 Å². The van der Waals surface area contributed by atoms with Crippen LogP contribution in [0.1, 0.15) is 25.2 Å². The quantitative estimate of drug-likeness (QED) is 0.636. The molecule has 28 heavy (non-hydrogen) atoms. The third-order valence-electron chi connectivity index (χ3n) is 4.22. The van der Waals surface area contributed by atoms with Crippen molar-refractivity contribution >= 4 is 28.9 Å². The van der Waals surface area contributed by atoms with E-state index < -0.39 is 0 Å². The number of hydrogen-bond acceptors (Lipinski definition) is 5. The minimum absolute atomic E-state index is 0.0881. The average Bonchev–Trinajstić information content (AvgIpc) is 2.67. The van der Waals surface area contributed by atoms with Crippen molar-refractivity contribution in [1.29, 1.82) is 0 Å². The second kappa shape index (κ2) is 8.99. The van der Waals surface area contributed by atoms with Gasteiger partial charge in [0.2, 0.25) is 5.91 Å². The van der Waals surface area contributed by atoms with E-state index in [0.29, 0.717) is 5.82 Å². The van der Waals surface area contributed by atoms with Crippen LogP contribution in [-0.4, -0.2) is 22.4 Å². The van der Waals surface area contributed by atoms with Crippen LogP contribution in [0.15, 0.2) is 60.7 Å². The van der Waals surface area contributed by atoms with Gasteiger partial charge in [0.1, 0.15) is 17.5 Å². The molecule has 0 fully saturated rings. The number of aryl methyl sites for hydroxylation is 1. The Morgan fingerprint density at radius 2 is 1.68 bits per heavy atom. The first-order chi connectivity index (χ1) is 13.5. The summed E-state index contributed by atoms with van der Waals surface area (Å²) < 4.78 is 0. The summed E-state index contributed by atoms with van der Waals surface area (Å²) in [5, 5.41) is 6.08. The van der Waals surface area contributed by atoms with Crippen LogP contribution in [0, 0.1) is 6.92 Å². The number of nitrogens with one attached hydrogen (secondary N) is 2. The SMILES string of the molecule is CCN(Cc1ccccc1)c1cc(Nc2ccc(NC(C)=O)cc2)nc(C)n1. The molecule has 2 N–H and O–H groups in total. The summed E-state index contributed by atoms with van der Waals surface area (Å²) in [7, 11) is 0. The number of benzene rings is 2. The Bertz CT molecular complexity index is 925. The molecule has 144 valence electrons. The van der Waals surface area contributed by atoms with E-state index in [1.54, 1.807) is 0 Å². The lowest BCUT2D eigenvalue weighted by molar-refractivity contribution is -0.114. The van der Waals surface area contributed by atoms with E-state index >= 15 is 0 Å². The van der Waals surface area contributed by atoms with Crippen molar-refractivity contribution in [2.24, 2.45) is 0 Å². The summed E-state index contributed by atoms with van der Waals surface area (Å²) in [4.78, 5) is 22.5. The molecular weight excluding hydrogens is 350 g/mol. The van der Waals surface area contributed by atoms with E-state index in [2.05, 4.69) is 44.6 Å². The van der Waals surface area contributed by atoms with Gasteiger partial charge in [0.25, 0.3) is 0 Å². The fourth-order valence-corrected chi connectivity index (χ4v) is 2.92. The molecule has 0 saturated carbocycles. The highest BCUT2D eigenvalue weighted by atomic mass is 16.1. The summed E-state index contributed by atoms with van der Waals surface area (Å²) in [6, 6.07) is 19.8. The first kappa shape index (κ1) is 19.4. The van der Waals surface area contributed by atoms with Crippen LogP contribution < -0.4 is 15.5 Å². The first-order valence-corrected chi connectivity index (χ1v) is 9.32. The van der Waals surface area contributed by atoms with E-state index in [1.165, 1.54) is 12.5 Å². The van der Waals surface area contributed by atoms with Gasteiger partial charge < -0.3 is 15.5 Å². The first-order valence-electron chi connectivity index (χ1n) is 9.32. The van der Waals surface area contributed by atoms with Crippen molar-refractivity contribution < 1.29 is 4.79 Å². The third kappa shape index (κ3) is 5.30. The average molecular weight is 375 g/mol. The Hall–Kier alpha value is -3.41. The smallest absolute Gasteiger partial charge is 0.221 e. The molecular formula is C22H25N5O. The van der Waals surface area contributed by atoms with Crippen molar-refractivity contribution in [2.75, 3.05) is 22.1 Å². The lowest BCUT2D eigenvalue weighted by Crippen LogP contribution is -2.23. The summed E-state index contributed by atoms with van der Waals surface area (Å²) in [5.74, 6) is 2.24. The van der Waals surface area contributed by atoms with Crippen molar-refractivity contribution in [2.45, 2.75) is 27.3 Å². The summed E-state index contributed by atoms with van der Waals surface area (Å²) in [6.45, 7) is 7.14. The molecule has 3 rings (SSSR count). The molecule has 0 unspecified atom stereocenters. The topological polar surface area (TPSA) is 70.2 Å². The monoisotopic (exact) mass is 375 g/mol. The van der Waals surface area contributed by atoms with E-state index in [-0.39, 0.29) is 5.91 Å². The largest absolute Gasteiger partial charge is 0.352 e. The fourth-order valence-electron chi connectivity index (χ4n) is 2.92. The predicted octanol–water partition coefficient (Wildman–Crippen LogP) is 4.51. The normalized spacial score (nSPS) is 10.4. The fraction of sp³-hybridized carbons (Fsp3) is 0.227. The highest BCUT2D eigenvalue weighted by molar-refractivity contribution is 5.88. The molecule has 0 saturated heterocycles. The lowest BCUT2D eigenvalue weighted by Gasteiger charge is -2.23. The molecule has 3 aromatic rings. The molecule has 0 radical (unpaired) electrons. The third-order valence-corrected chi connectivity index (χ3v) is 4.22. The molecule has 2 aromatic carbocycles. The predicted molar refractivity (Wildman–Crippen MR) is 114 cm³/mol. The maximum absolute atomic E-state index is 11.1. The van der Waals surface area contributed by atoms with E-state index in [0.717, 1.165) is 36.1 Å². The zero-order valence-electron chi connectivity index (χ0n) is 16.4. The number of nitrogens with zero attached hydrogens (tertiary/aromatic N) is 3. The standard InChI is InChI=1S/C22H25N5O/c1-4-27(15-18-8-6-5-7-9-18)22-14-21(23-16(2)24-22)26-20-12-10-19(11-13-20)25-17(3)28/h5-14H,4,15H2,1-3H3,(H,25,28)(H,23,24,26). The van der Waals surface area contributed by atoms with E-state index in [1.807, 2.05) is 55.5 Å². The number of aromatic nitrogens is 2. The Kier molecular flexibility index (Phi) is 6.22. The van der Waals surface area contributed by atoms with Gasteiger partial charge in [-0.25, -0.2) is 9.97 Å². The molecule has 6 nitrogen and oxygen atoms in total. The summed E-state index contributed by atoms with van der Waals surface area (Å²) >= 11 is 0. The molecule has 6 heteroatoms. The van der Waals surface area contributed by atoms with Gasteiger partial charge in [0.05, 0.1) is 0 Å². The summed E-state index contributed by atoms with van der Waals surface area (Å²) in [5.41, 5.74) is 2.89. The van der Waals surface area contributed by atoms with Gasteiger partial charge in [-0.3, -0.25) is 4.79 Å². The van der Waals surface area contributed by atoms with Gasteiger partial charge in [-0.1, -0.05) is 30.3 Å². The number of hydrogen-bond donors (Lipinski definition) is 2. The highest BCUT2D eigenvalue weighted by Crippen LogP contribution is 2.22. The minimum Gasteiger partial charge on any atom is -0.352 e. The van der Waals surface area contributed by atoms with Crippen LogP contribution in [0.5, 0.6) is 0 Å². The second-order valence-electron chi connectivity index (χ2n) is 6.54. The van der Waals surface area contributed by atoms with E-state index in [4.69, 9.17) is 0 Å². The van der Waals surface area contributed by atoms with Crippen molar-refractivity contribution in [1.82, 2.24) is 9.97 Å².